The van der Waals surface area contributed by atoms with Gasteiger partial charge in [-0.15, -0.1) is 0 Å². The Hall–Kier alpha value is -0.160. The molecule has 1 aliphatic heterocycles. The van der Waals surface area contributed by atoms with Crippen LogP contribution in [0, 0.1) is 5.92 Å². The van der Waals surface area contributed by atoms with Crippen LogP contribution in [0.15, 0.2) is 0 Å². The minimum Gasteiger partial charge on any atom is -0.389 e. The Bertz CT molecular complexity index is 221. The van der Waals surface area contributed by atoms with Crippen molar-refractivity contribution in [3.8, 4) is 0 Å². The molecular weight excluding hydrogens is 204 g/mol. The summed E-state index contributed by atoms with van der Waals surface area (Å²) in [7, 11) is 0. The Labute approximate surface area is 97.9 Å². The zero-order valence-corrected chi connectivity index (χ0v) is 10.3. The van der Waals surface area contributed by atoms with Gasteiger partial charge in [0.1, 0.15) is 6.23 Å². The van der Waals surface area contributed by atoms with E-state index >= 15 is 0 Å². The third-order valence-electron chi connectivity index (χ3n) is 4.02. The molecule has 2 fully saturated rings. The molecule has 1 saturated heterocycles. The molecule has 0 amide bonds. The fourth-order valence-electron chi connectivity index (χ4n) is 2.83. The van der Waals surface area contributed by atoms with Gasteiger partial charge in [-0.25, -0.2) is 0 Å². The Kier molecular flexibility index (Phi) is 3.85. The summed E-state index contributed by atoms with van der Waals surface area (Å²) in [6, 6.07) is 0.779. The van der Waals surface area contributed by atoms with Gasteiger partial charge in [-0.05, 0) is 25.7 Å². The maximum atomic E-state index is 9.75. The number of aliphatic hydroxyl groups is 2. The van der Waals surface area contributed by atoms with Crippen LogP contribution in [0.1, 0.15) is 26.7 Å². The van der Waals surface area contributed by atoms with Crippen LogP contribution in [0.5, 0.6) is 0 Å². The first-order chi connectivity index (χ1) is 7.58. The standard InChI is InChI=1S/C12H24N2O2/c1-9-7-11(8-9)13-3-5-14(6-4-13)12(16)10(2)15/h9-12,15-16H,3-8H2,1-2H3. The molecule has 2 rings (SSSR count). The van der Waals surface area contributed by atoms with Crippen molar-refractivity contribution < 1.29 is 10.2 Å². The van der Waals surface area contributed by atoms with Crippen LogP contribution in [0.25, 0.3) is 0 Å². The quantitative estimate of drug-likeness (QED) is 0.719. The minimum atomic E-state index is -0.692. The number of aliphatic hydroxyl groups excluding tert-OH is 2. The predicted molar refractivity (Wildman–Crippen MR) is 63.0 cm³/mol. The molecule has 0 aromatic rings. The lowest BCUT2D eigenvalue weighted by molar-refractivity contribution is -0.0978. The smallest absolute Gasteiger partial charge is 0.133 e. The van der Waals surface area contributed by atoms with Gasteiger partial charge in [0.25, 0.3) is 0 Å². The molecule has 2 unspecified atom stereocenters. The molecule has 94 valence electrons. The van der Waals surface area contributed by atoms with Crippen LogP contribution in [-0.2, 0) is 0 Å². The van der Waals surface area contributed by atoms with Gasteiger partial charge in [0.2, 0.25) is 0 Å². The number of piperazine rings is 1. The van der Waals surface area contributed by atoms with Gasteiger partial charge in [0.15, 0.2) is 0 Å². The molecule has 0 aromatic heterocycles. The van der Waals surface area contributed by atoms with E-state index in [0.29, 0.717) is 0 Å². The highest BCUT2D eigenvalue weighted by molar-refractivity contribution is 4.88. The summed E-state index contributed by atoms with van der Waals surface area (Å²) in [6.45, 7) is 7.75. The van der Waals surface area contributed by atoms with Crippen molar-refractivity contribution in [2.45, 2.75) is 45.1 Å². The van der Waals surface area contributed by atoms with Gasteiger partial charge in [-0.3, -0.25) is 9.80 Å². The molecule has 1 heterocycles. The number of hydrogen-bond acceptors (Lipinski definition) is 4. The van der Waals surface area contributed by atoms with E-state index in [1.54, 1.807) is 6.92 Å². The summed E-state index contributed by atoms with van der Waals surface area (Å²) in [4.78, 5) is 4.51. The molecule has 0 aromatic carbocycles. The SMILES string of the molecule is CC1CC(N2CCN(C(O)C(C)O)CC2)C1. The molecule has 4 nitrogen and oxygen atoms in total. The number of hydrogen-bond donors (Lipinski definition) is 2. The normalized spacial score (nSPS) is 36.8. The molecule has 0 bridgehead atoms. The second kappa shape index (κ2) is 5.00. The van der Waals surface area contributed by atoms with Gasteiger partial charge in [-0.2, -0.15) is 0 Å². The highest BCUT2D eigenvalue weighted by atomic mass is 16.3. The third kappa shape index (κ3) is 2.56. The van der Waals surface area contributed by atoms with Crippen LogP contribution in [0.4, 0.5) is 0 Å². The summed E-state index contributed by atoms with van der Waals surface area (Å²) in [6.07, 6.45) is 1.32. The maximum absolute atomic E-state index is 9.75. The van der Waals surface area contributed by atoms with E-state index in [1.807, 2.05) is 4.90 Å². The Morgan fingerprint density at radius 2 is 1.62 bits per heavy atom. The van der Waals surface area contributed by atoms with Crippen LogP contribution >= 0.6 is 0 Å². The van der Waals surface area contributed by atoms with E-state index in [-0.39, 0.29) is 0 Å². The fourth-order valence-corrected chi connectivity index (χ4v) is 2.83. The molecule has 0 spiro atoms. The van der Waals surface area contributed by atoms with Crippen molar-refractivity contribution in [1.82, 2.24) is 9.80 Å². The van der Waals surface area contributed by atoms with Gasteiger partial charge in [0.05, 0.1) is 6.10 Å². The number of rotatable bonds is 3. The molecule has 2 N–H and O–H groups in total. The van der Waals surface area contributed by atoms with Gasteiger partial charge < -0.3 is 10.2 Å². The van der Waals surface area contributed by atoms with Crippen molar-refractivity contribution in [1.29, 1.82) is 0 Å². The minimum absolute atomic E-state index is 0.657. The van der Waals surface area contributed by atoms with Crippen molar-refractivity contribution in [3.63, 3.8) is 0 Å². The molecular formula is C12H24N2O2. The number of nitrogens with zero attached hydrogens (tertiary/aromatic N) is 2. The van der Waals surface area contributed by atoms with E-state index in [9.17, 15) is 10.2 Å². The molecule has 0 radical (unpaired) electrons. The maximum Gasteiger partial charge on any atom is 0.133 e. The van der Waals surface area contributed by atoms with Gasteiger partial charge >= 0.3 is 0 Å². The summed E-state index contributed by atoms with van der Waals surface area (Å²) in [5, 5.41) is 19.1. The monoisotopic (exact) mass is 228 g/mol. The third-order valence-corrected chi connectivity index (χ3v) is 4.02. The predicted octanol–water partition coefficient (Wildman–Crippen LogP) is 0.102. The second-order valence-corrected chi connectivity index (χ2v) is 5.46. The first kappa shape index (κ1) is 12.3. The largest absolute Gasteiger partial charge is 0.389 e. The van der Waals surface area contributed by atoms with E-state index in [4.69, 9.17) is 0 Å². The Balaban J connectivity index is 1.74. The zero-order valence-electron chi connectivity index (χ0n) is 10.3. The van der Waals surface area contributed by atoms with Crippen molar-refractivity contribution >= 4 is 0 Å². The Morgan fingerprint density at radius 3 is 2.06 bits per heavy atom. The van der Waals surface area contributed by atoms with E-state index in [2.05, 4.69) is 11.8 Å². The van der Waals surface area contributed by atoms with E-state index < -0.39 is 12.3 Å². The Morgan fingerprint density at radius 1 is 1.06 bits per heavy atom. The lowest BCUT2D eigenvalue weighted by atomic mass is 9.80. The van der Waals surface area contributed by atoms with Crippen LogP contribution < -0.4 is 0 Å². The lowest BCUT2D eigenvalue weighted by Gasteiger charge is -2.46. The molecule has 1 saturated carbocycles. The molecule has 4 heteroatoms. The van der Waals surface area contributed by atoms with Crippen molar-refractivity contribution in [2.24, 2.45) is 5.92 Å². The molecule has 2 atom stereocenters. The van der Waals surface area contributed by atoms with Crippen LogP contribution in [0.3, 0.4) is 0 Å². The first-order valence-electron chi connectivity index (χ1n) is 6.42. The molecule has 16 heavy (non-hydrogen) atoms. The van der Waals surface area contributed by atoms with Crippen molar-refractivity contribution in [2.75, 3.05) is 26.2 Å². The first-order valence-corrected chi connectivity index (χ1v) is 6.42. The lowest BCUT2D eigenvalue weighted by Crippen LogP contribution is -2.57. The summed E-state index contributed by atoms with van der Waals surface area (Å²) >= 11 is 0. The fraction of sp³-hybridized carbons (Fsp3) is 1.00. The van der Waals surface area contributed by atoms with Gasteiger partial charge in [-0.1, -0.05) is 6.92 Å². The average Bonchev–Trinajstić information content (AvgIpc) is 2.24. The highest BCUT2D eigenvalue weighted by Crippen LogP contribution is 2.31. The van der Waals surface area contributed by atoms with Crippen LogP contribution in [-0.4, -0.2) is 64.6 Å². The van der Waals surface area contributed by atoms with Gasteiger partial charge in [0, 0.05) is 32.2 Å². The topological polar surface area (TPSA) is 46.9 Å². The van der Waals surface area contributed by atoms with E-state index in [0.717, 1.165) is 38.1 Å². The van der Waals surface area contributed by atoms with E-state index in [1.165, 1.54) is 12.8 Å². The molecule has 1 aliphatic carbocycles. The van der Waals surface area contributed by atoms with Crippen molar-refractivity contribution in [3.05, 3.63) is 0 Å². The average molecular weight is 228 g/mol. The summed E-state index contributed by atoms with van der Waals surface area (Å²) < 4.78 is 0. The zero-order chi connectivity index (χ0) is 11.7. The second-order valence-electron chi connectivity index (χ2n) is 5.46. The molecule has 2 aliphatic rings. The summed E-state index contributed by atoms with van der Waals surface area (Å²) in [5.41, 5.74) is 0. The van der Waals surface area contributed by atoms with Crippen LogP contribution in [0.2, 0.25) is 0 Å². The summed E-state index contributed by atoms with van der Waals surface area (Å²) in [5.74, 6) is 0.895. The highest BCUT2D eigenvalue weighted by Gasteiger charge is 2.33.